The minimum Gasteiger partial charge on any atom is -0.381 e. The summed E-state index contributed by atoms with van der Waals surface area (Å²) in [4.78, 5) is 0. The molecule has 1 heterocycles. The number of hydrogen-bond acceptors (Lipinski definition) is 2. The van der Waals surface area contributed by atoms with E-state index in [1.54, 1.807) is 0 Å². The van der Waals surface area contributed by atoms with Gasteiger partial charge in [0.1, 0.15) is 11.0 Å². The Kier molecular flexibility index (Phi) is 3.87. The maximum Gasteiger partial charge on any atom is 0.149 e. The molecule has 5 heteroatoms. The number of nitrogens with zero attached hydrogens (tertiary/aromatic N) is 1. The van der Waals surface area contributed by atoms with Gasteiger partial charge >= 0.3 is 0 Å². The maximum atomic E-state index is 12.9. The van der Waals surface area contributed by atoms with Crippen molar-refractivity contribution in [1.29, 1.82) is 0 Å². The fourth-order valence-electron chi connectivity index (χ4n) is 5.05. The van der Waals surface area contributed by atoms with E-state index in [2.05, 4.69) is 35.0 Å². The third-order valence-electron chi connectivity index (χ3n) is 6.28. The summed E-state index contributed by atoms with van der Waals surface area (Å²) in [7, 11) is 0.571. The Morgan fingerprint density at radius 1 is 1.38 bits per heavy atom. The van der Waals surface area contributed by atoms with E-state index in [9.17, 15) is 4.21 Å². The van der Waals surface area contributed by atoms with Crippen LogP contribution in [0.1, 0.15) is 56.7 Å². The predicted octanol–water partition coefficient (Wildman–Crippen LogP) is 4.53. The van der Waals surface area contributed by atoms with E-state index in [1.165, 1.54) is 16.7 Å². The first-order valence-corrected chi connectivity index (χ1v) is 10.6. The normalized spacial score (nSPS) is 36.5. The van der Waals surface area contributed by atoms with Gasteiger partial charge in [-0.3, -0.25) is 0 Å². The Labute approximate surface area is 155 Å². The standard InChI is InChI=1S/C19H24BrNO2S/c1-11-9-19(8-7-14(11)23-4)10-12-5-6-13(20)16-15(12)17(19)21-24(22)18(16,2)3/h5-6,11,14H,7-10H2,1-4H3/t11-,14-,19-,24?/m0/s1. The van der Waals surface area contributed by atoms with E-state index in [1.807, 2.05) is 21.0 Å². The van der Waals surface area contributed by atoms with Crippen LogP contribution in [0.15, 0.2) is 21.0 Å². The van der Waals surface area contributed by atoms with Gasteiger partial charge in [0.05, 0.1) is 16.6 Å². The van der Waals surface area contributed by atoms with Crippen molar-refractivity contribution in [2.45, 2.75) is 57.3 Å². The van der Waals surface area contributed by atoms with E-state index in [0.717, 1.165) is 35.9 Å². The smallest absolute Gasteiger partial charge is 0.149 e. The Morgan fingerprint density at radius 2 is 2.12 bits per heavy atom. The monoisotopic (exact) mass is 409 g/mol. The second kappa shape index (κ2) is 5.49. The van der Waals surface area contributed by atoms with Crippen molar-refractivity contribution in [3.63, 3.8) is 0 Å². The summed E-state index contributed by atoms with van der Waals surface area (Å²) < 4.78 is 24.0. The molecule has 3 aliphatic rings. The number of ether oxygens (including phenoxy) is 1. The van der Waals surface area contributed by atoms with Gasteiger partial charge in [-0.15, -0.1) is 0 Å². The van der Waals surface area contributed by atoms with Crippen LogP contribution in [0.3, 0.4) is 0 Å². The SMILES string of the molecule is CO[C@H]1CC[C@@]2(Cc3ccc(Br)c4c3C2=NS(=O)C4(C)C)C[C@@H]1C. The Morgan fingerprint density at radius 3 is 2.79 bits per heavy atom. The van der Waals surface area contributed by atoms with Crippen LogP contribution in [0.4, 0.5) is 0 Å². The molecule has 1 aromatic rings. The molecule has 4 atom stereocenters. The molecule has 0 saturated heterocycles. The first kappa shape index (κ1) is 16.9. The lowest BCUT2D eigenvalue weighted by molar-refractivity contribution is 0.00485. The van der Waals surface area contributed by atoms with Crippen LogP contribution in [0.25, 0.3) is 0 Å². The van der Waals surface area contributed by atoms with Gasteiger partial charge < -0.3 is 4.74 Å². The molecular formula is C19H24BrNO2S. The average molecular weight is 410 g/mol. The van der Waals surface area contributed by atoms with Gasteiger partial charge in [0.2, 0.25) is 0 Å². The largest absolute Gasteiger partial charge is 0.381 e. The molecule has 1 unspecified atom stereocenters. The second-order valence-corrected chi connectivity index (χ2v) is 10.7. The molecule has 4 rings (SSSR count). The molecule has 3 nitrogen and oxygen atoms in total. The molecule has 2 aliphatic carbocycles. The summed E-state index contributed by atoms with van der Waals surface area (Å²) in [5, 5.41) is 0. The fourth-order valence-corrected chi connectivity index (χ4v) is 7.07. The second-order valence-electron chi connectivity index (χ2n) is 8.11. The van der Waals surface area contributed by atoms with Gasteiger partial charge in [-0.25, -0.2) is 4.21 Å². The van der Waals surface area contributed by atoms with Crippen LogP contribution < -0.4 is 0 Å². The summed E-state index contributed by atoms with van der Waals surface area (Å²) in [6.45, 7) is 6.36. The van der Waals surface area contributed by atoms with E-state index in [0.29, 0.717) is 12.0 Å². The third kappa shape index (κ3) is 2.17. The van der Waals surface area contributed by atoms with Crippen LogP contribution in [-0.4, -0.2) is 23.1 Å². The van der Waals surface area contributed by atoms with Crippen molar-refractivity contribution in [2.24, 2.45) is 15.7 Å². The zero-order valence-corrected chi connectivity index (χ0v) is 17.1. The zero-order valence-electron chi connectivity index (χ0n) is 14.7. The molecule has 0 N–H and O–H groups in total. The number of methoxy groups -OCH3 is 1. The number of benzene rings is 1. The highest BCUT2D eigenvalue weighted by molar-refractivity contribution is 9.10. The first-order valence-electron chi connectivity index (χ1n) is 8.66. The lowest BCUT2D eigenvalue weighted by Gasteiger charge is -2.42. The number of fused-ring (bicyclic) bond motifs is 1. The van der Waals surface area contributed by atoms with E-state index in [4.69, 9.17) is 9.13 Å². The highest BCUT2D eigenvalue weighted by Gasteiger charge is 2.53. The molecule has 1 spiro atoms. The number of hydrogen-bond donors (Lipinski definition) is 0. The summed E-state index contributed by atoms with van der Waals surface area (Å²) >= 11 is 3.71. The third-order valence-corrected chi connectivity index (χ3v) is 8.37. The first-order chi connectivity index (χ1) is 11.3. The van der Waals surface area contributed by atoms with Gasteiger partial charge in [0.25, 0.3) is 0 Å². The molecule has 0 bridgehead atoms. The maximum absolute atomic E-state index is 12.9. The minimum atomic E-state index is -1.24. The van der Waals surface area contributed by atoms with Gasteiger partial charge in [-0.1, -0.05) is 28.9 Å². The predicted molar refractivity (Wildman–Crippen MR) is 102 cm³/mol. The Bertz CT molecular complexity index is 773. The molecule has 0 radical (unpaired) electrons. The van der Waals surface area contributed by atoms with E-state index < -0.39 is 15.7 Å². The lowest BCUT2D eigenvalue weighted by atomic mass is 9.66. The summed E-state index contributed by atoms with van der Waals surface area (Å²) in [5.74, 6) is 0.496. The van der Waals surface area contributed by atoms with Gasteiger partial charge in [0, 0.05) is 22.6 Å². The topological polar surface area (TPSA) is 38.7 Å². The van der Waals surface area contributed by atoms with Gasteiger partial charge in [-0.2, -0.15) is 4.40 Å². The highest BCUT2D eigenvalue weighted by Crippen LogP contribution is 2.55. The van der Waals surface area contributed by atoms with Crippen LogP contribution in [0, 0.1) is 11.3 Å². The molecule has 1 saturated carbocycles. The van der Waals surface area contributed by atoms with Crippen molar-refractivity contribution >= 4 is 32.6 Å². The molecule has 130 valence electrons. The molecule has 1 fully saturated rings. The Hall–Kier alpha value is -0.520. The highest BCUT2D eigenvalue weighted by atomic mass is 79.9. The molecule has 1 aromatic carbocycles. The van der Waals surface area contributed by atoms with Crippen molar-refractivity contribution < 1.29 is 8.95 Å². The Balaban J connectivity index is 1.87. The summed E-state index contributed by atoms with van der Waals surface area (Å²) in [5.41, 5.74) is 4.98. The van der Waals surface area contributed by atoms with Crippen molar-refractivity contribution in [2.75, 3.05) is 7.11 Å². The lowest BCUT2D eigenvalue weighted by Crippen LogP contribution is -2.42. The molecule has 0 aromatic heterocycles. The molecular weight excluding hydrogens is 386 g/mol. The summed E-state index contributed by atoms with van der Waals surface area (Å²) in [6, 6.07) is 4.35. The molecule has 0 amide bonds. The van der Waals surface area contributed by atoms with Crippen LogP contribution in [0.5, 0.6) is 0 Å². The van der Waals surface area contributed by atoms with Crippen LogP contribution in [0.2, 0.25) is 0 Å². The van der Waals surface area contributed by atoms with Crippen molar-refractivity contribution in [3.8, 4) is 0 Å². The van der Waals surface area contributed by atoms with Crippen LogP contribution >= 0.6 is 15.9 Å². The minimum absolute atomic E-state index is 0.0402. The van der Waals surface area contributed by atoms with Crippen LogP contribution in [-0.2, 0) is 26.9 Å². The molecule has 24 heavy (non-hydrogen) atoms. The van der Waals surface area contributed by atoms with E-state index in [-0.39, 0.29) is 5.41 Å². The van der Waals surface area contributed by atoms with Crippen molar-refractivity contribution in [1.82, 2.24) is 0 Å². The summed E-state index contributed by atoms with van der Waals surface area (Å²) in [6.07, 6.45) is 4.54. The fraction of sp³-hybridized carbons (Fsp3) is 0.632. The van der Waals surface area contributed by atoms with Gasteiger partial charge in [-0.05, 0) is 62.6 Å². The van der Waals surface area contributed by atoms with E-state index >= 15 is 0 Å². The van der Waals surface area contributed by atoms with Crippen molar-refractivity contribution in [3.05, 3.63) is 33.3 Å². The average Bonchev–Trinajstić information content (AvgIpc) is 2.80. The quantitative estimate of drug-likeness (QED) is 0.683. The number of halogens is 1. The van der Waals surface area contributed by atoms with Gasteiger partial charge in [0.15, 0.2) is 0 Å². The number of rotatable bonds is 1. The molecule has 1 aliphatic heterocycles. The zero-order chi connectivity index (χ0) is 17.3.